The van der Waals surface area contributed by atoms with Gasteiger partial charge in [0.2, 0.25) is 11.6 Å². The largest absolute Gasteiger partial charge is 0.504 e. The number of Topliss-reactive ketones (excluding diaryl/α,β-unsaturated/α-hetero) is 2. The van der Waals surface area contributed by atoms with Crippen LogP contribution in [0.5, 0.6) is 0 Å². The second-order valence-corrected chi connectivity index (χ2v) is 7.05. The van der Waals surface area contributed by atoms with E-state index in [1.807, 2.05) is 31.2 Å². The number of allylic oxidation sites excluding steroid dienone is 2. The lowest BCUT2D eigenvalue weighted by Gasteiger charge is -2.17. The molecule has 6 nitrogen and oxygen atoms in total. The summed E-state index contributed by atoms with van der Waals surface area (Å²) in [6, 6.07) is 12.8. The van der Waals surface area contributed by atoms with Crippen molar-refractivity contribution >= 4 is 44.5 Å². The summed E-state index contributed by atoms with van der Waals surface area (Å²) in [5.41, 5.74) is 2.86. The number of aliphatic hydroxyl groups is 2. The van der Waals surface area contributed by atoms with Crippen LogP contribution >= 0.6 is 0 Å². The van der Waals surface area contributed by atoms with Gasteiger partial charge in [-0.1, -0.05) is 36.4 Å². The number of nitrogens with one attached hydrogen (secondary N) is 2. The van der Waals surface area contributed by atoms with E-state index in [4.69, 9.17) is 0 Å². The fourth-order valence-electron chi connectivity index (χ4n) is 3.97. The van der Waals surface area contributed by atoms with E-state index in [2.05, 4.69) is 9.97 Å². The summed E-state index contributed by atoms with van der Waals surface area (Å²) in [4.78, 5) is 32.2. The zero-order chi connectivity index (χ0) is 20.3. The highest BCUT2D eigenvalue weighted by Crippen LogP contribution is 2.38. The molecular weight excluding hydrogens is 368 g/mol. The standard InChI is InChI=1S/C23H16N2O4/c1-11-5-4-7-13-15(10-25-19(11)13)18-22(28)20(26)17(21(27)23(18)29)14-9-24-16-8-3-2-6-12(14)16/h2-10,24-26,29H,1H3. The maximum atomic E-state index is 13.0. The van der Waals surface area contributed by atoms with Crippen LogP contribution in [0.1, 0.15) is 16.7 Å². The summed E-state index contributed by atoms with van der Waals surface area (Å²) in [6.45, 7) is 1.91. The predicted octanol–water partition coefficient (Wildman–Crippen LogP) is 4.35. The number of aromatic nitrogens is 2. The van der Waals surface area contributed by atoms with Crippen LogP contribution in [0.2, 0.25) is 0 Å². The number of aromatic amines is 2. The van der Waals surface area contributed by atoms with Gasteiger partial charge in [-0.15, -0.1) is 0 Å². The number of hydrogen-bond acceptors (Lipinski definition) is 4. The molecule has 2 aromatic carbocycles. The average Bonchev–Trinajstić information content (AvgIpc) is 3.33. The highest BCUT2D eigenvalue weighted by atomic mass is 16.3. The first-order valence-corrected chi connectivity index (χ1v) is 9.08. The molecule has 0 bridgehead atoms. The molecule has 5 rings (SSSR count). The molecule has 2 heterocycles. The molecule has 0 aliphatic heterocycles. The Labute approximate surface area is 164 Å². The molecule has 0 radical (unpaired) electrons. The zero-order valence-electron chi connectivity index (χ0n) is 15.4. The number of aryl methyl sites for hydroxylation is 1. The van der Waals surface area contributed by atoms with Crippen molar-refractivity contribution in [3.05, 3.63) is 83.1 Å². The number of fused-ring (bicyclic) bond motifs is 2. The van der Waals surface area contributed by atoms with Gasteiger partial charge in [0, 0.05) is 45.3 Å². The summed E-state index contributed by atoms with van der Waals surface area (Å²) < 4.78 is 0. The monoisotopic (exact) mass is 384 g/mol. The Hall–Kier alpha value is -4.06. The number of benzene rings is 2. The molecule has 6 heteroatoms. The molecule has 1 aliphatic rings. The third-order valence-electron chi connectivity index (χ3n) is 5.41. The molecule has 4 aromatic rings. The van der Waals surface area contributed by atoms with Crippen molar-refractivity contribution in [3.63, 3.8) is 0 Å². The number of para-hydroxylation sites is 2. The van der Waals surface area contributed by atoms with Gasteiger partial charge in [-0.05, 0) is 18.6 Å². The molecule has 0 atom stereocenters. The van der Waals surface area contributed by atoms with Crippen LogP contribution in [-0.2, 0) is 9.59 Å². The van der Waals surface area contributed by atoms with Crippen LogP contribution in [0.25, 0.3) is 33.0 Å². The molecule has 0 unspecified atom stereocenters. The lowest BCUT2D eigenvalue weighted by molar-refractivity contribution is -0.116. The summed E-state index contributed by atoms with van der Waals surface area (Å²) in [5.74, 6) is -2.92. The van der Waals surface area contributed by atoms with Gasteiger partial charge < -0.3 is 20.2 Å². The molecule has 4 N–H and O–H groups in total. The van der Waals surface area contributed by atoms with E-state index >= 15 is 0 Å². The Kier molecular flexibility index (Phi) is 3.51. The van der Waals surface area contributed by atoms with Gasteiger partial charge in [-0.25, -0.2) is 0 Å². The Morgan fingerprint density at radius 3 is 2.03 bits per heavy atom. The smallest absolute Gasteiger partial charge is 0.232 e. The molecular formula is C23H16N2O4. The fraction of sp³-hybridized carbons (Fsp3) is 0.0435. The quantitative estimate of drug-likeness (QED) is 0.386. The summed E-state index contributed by atoms with van der Waals surface area (Å²) in [5, 5.41) is 22.8. The van der Waals surface area contributed by atoms with Crippen LogP contribution in [-0.4, -0.2) is 31.7 Å². The highest BCUT2D eigenvalue weighted by molar-refractivity contribution is 6.48. The normalized spacial score (nSPS) is 15.2. The third-order valence-corrected chi connectivity index (χ3v) is 5.41. The van der Waals surface area contributed by atoms with E-state index in [0.717, 1.165) is 16.6 Å². The Bertz CT molecular complexity index is 1420. The third kappa shape index (κ3) is 2.29. The van der Waals surface area contributed by atoms with E-state index in [9.17, 15) is 19.8 Å². The SMILES string of the molecule is Cc1cccc2c(C3=C(O)C(=O)C(c4c[nH]c5ccccc45)=C(O)C3=O)c[nH]c12. The van der Waals surface area contributed by atoms with Crippen LogP contribution in [0.4, 0.5) is 0 Å². The molecule has 0 spiro atoms. The number of aliphatic hydroxyl groups excluding tert-OH is 2. The van der Waals surface area contributed by atoms with Gasteiger partial charge in [-0.3, -0.25) is 9.59 Å². The lowest BCUT2D eigenvalue weighted by Crippen LogP contribution is -2.22. The summed E-state index contributed by atoms with van der Waals surface area (Å²) in [7, 11) is 0. The lowest BCUT2D eigenvalue weighted by atomic mass is 9.86. The number of carbonyl (C=O) groups is 2. The maximum Gasteiger partial charge on any atom is 0.232 e. The van der Waals surface area contributed by atoms with Crippen molar-refractivity contribution in [2.45, 2.75) is 6.92 Å². The van der Waals surface area contributed by atoms with E-state index < -0.39 is 23.1 Å². The van der Waals surface area contributed by atoms with Crippen LogP contribution < -0.4 is 0 Å². The van der Waals surface area contributed by atoms with Crippen molar-refractivity contribution < 1.29 is 19.8 Å². The highest BCUT2D eigenvalue weighted by Gasteiger charge is 2.38. The number of hydrogen-bond donors (Lipinski definition) is 4. The van der Waals surface area contributed by atoms with E-state index in [1.54, 1.807) is 30.6 Å². The first kappa shape index (κ1) is 17.1. The maximum absolute atomic E-state index is 13.0. The first-order valence-electron chi connectivity index (χ1n) is 9.08. The Balaban J connectivity index is 1.71. The minimum Gasteiger partial charge on any atom is -0.504 e. The second-order valence-electron chi connectivity index (χ2n) is 7.05. The molecule has 0 saturated carbocycles. The van der Waals surface area contributed by atoms with E-state index in [1.165, 1.54) is 0 Å². The molecule has 0 saturated heterocycles. The zero-order valence-corrected chi connectivity index (χ0v) is 15.4. The van der Waals surface area contributed by atoms with E-state index in [0.29, 0.717) is 21.9 Å². The van der Waals surface area contributed by atoms with Crippen LogP contribution in [0.15, 0.2) is 66.4 Å². The molecule has 2 aromatic heterocycles. The van der Waals surface area contributed by atoms with Gasteiger partial charge in [0.05, 0.1) is 11.1 Å². The summed E-state index contributed by atoms with van der Waals surface area (Å²) in [6.07, 6.45) is 3.12. The van der Waals surface area contributed by atoms with Gasteiger partial charge in [0.25, 0.3) is 0 Å². The minimum absolute atomic E-state index is 0.201. The van der Waals surface area contributed by atoms with Crippen LogP contribution in [0, 0.1) is 6.92 Å². The van der Waals surface area contributed by atoms with Crippen molar-refractivity contribution in [1.29, 1.82) is 0 Å². The van der Waals surface area contributed by atoms with Gasteiger partial charge in [-0.2, -0.15) is 0 Å². The van der Waals surface area contributed by atoms with Crippen molar-refractivity contribution in [2.75, 3.05) is 0 Å². The van der Waals surface area contributed by atoms with Crippen molar-refractivity contribution in [1.82, 2.24) is 9.97 Å². The number of H-pyrrole nitrogens is 2. The van der Waals surface area contributed by atoms with Gasteiger partial charge in [0.1, 0.15) is 0 Å². The van der Waals surface area contributed by atoms with E-state index in [-0.39, 0.29) is 11.1 Å². The molecule has 0 amide bonds. The Morgan fingerprint density at radius 2 is 1.31 bits per heavy atom. The number of rotatable bonds is 2. The van der Waals surface area contributed by atoms with Gasteiger partial charge >= 0.3 is 0 Å². The minimum atomic E-state index is -0.788. The van der Waals surface area contributed by atoms with Gasteiger partial charge in [0.15, 0.2) is 11.5 Å². The topological polar surface area (TPSA) is 106 Å². The molecule has 29 heavy (non-hydrogen) atoms. The Morgan fingerprint density at radius 1 is 0.724 bits per heavy atom. The number of carbonyl (C=O) groups excluding carboxylic acids is 2. The van der Waals surface area contributed by atoms with Crippen molar-refractivity contribution in [2.24, 2.45) is 0 Å². The molecule has 142 valence electrons. The fourth-order valence-corrected chi connectivity index (χ4v) is 3.97. The number of ketones is 2. The summed E-state index contributed by atoms with van der Waals surface area (Å²) >= 11 is 0. The van der Waals surface area contributed by atoms with Crippen LogP contribution in [0.3, 0.4) is 0 Å². The average molecular weight is 384 g/mol. The predicted molar refractivity (Wildman–Crippen MR) is 110 cm³/mol. The molecule has 1 aliphatic carbocycles. The first-order chi connectivity index (χ1) is 14.0. The van der Waals surface area contributed by atoms with Crippen molar-refractivity contribution in [3.8, 4) is 0 Å². The molecule has 0 fully saturated rings. The second kappa shape index (κ2) is 5.97.